The lowest BCUT2D eigenvalue weighted by Gasteiger charge is -2.18. The molecule has 160 valence electrons. The van der Waals surface area contributed by atoms with Gasteiger partial charge in [-0.3, -0.25) is 14.9 Å². The van der Waals surface area contributed by atoms with E-state index in [4.69, 9.17) is 14.2 Å². The van der Waals surface area contributed by atoms with Crippen LogP contribution in [0.25, 0.3) is 0 Å². The molecule has 30 heavy (non-hydrogen) atoms. The molecule has 9 heteroatoms. The molecule has 0 fully saturated rings. The van der Waals surface area contributed by atoms with Crippen molar-refractivity contribution in [3.8, 4) is 11.5 Å². The quantitative estimate of drug-likeness (QED) is 0.240. The fourth-order valence-corrected chi connectivity index (χ4v) is 2.55. The monoisotopic (exact) mass is 416 g/mol. The maximum absolute atomic E-state index is 12.2. The van der Waals surface area contributed by atoms with E-state index in [0.717, 1.165) is 0 Å². The predicted molar refractivity (Wildman–Crippen MR) is 109 cm³/mol. The number of carbonyl (C=O) groups excluding carboxylic acids is 2. The number of nitro benzene ring substituents is 1. The number of hydrogen-bond acceptors (Lipinski definition) is 7. The number of benzene rings is 2. The highest BCUT2D eigenvalue weighted by atomic mass is 16.6. The normalized spacial score (nSPS) is 10.2. The molecule has 0 bridgehead atoms. The first-order valence-corrected chi connectivity index (χ1v) is 9.49. The minimum Gasteiger partial charge on any atom is -0.490 e. The molecule has 0 atom stereocenters. The molecule has 2 aromatic carbocycles. The Morgan fingerprint density at radius 1 is 0.900 bits per heavy atom. The zero-order chi connectivity index (χ0) is 21.9. The second-order valence-corrected chi connectivity index (χ2v) is 6.11. The van der Waals surface area contributed by atoms with Crippen molar-refractivity contribution in [2.75, 3.05) is 32.9 Å². The van der Waals surface area contributed by atoms with Crippen LogP contribution in [0, 0.1) is 10.1 Å². The highest BCUT2D eigenvalue weighted by Crippen LogP contribution is 2.17. The van der Waals surface area contributed by atoms with Crippen molar-refractivity contribution >= 4 is 17.6 Å². The Bertz CT molecular complexity index is 847. The summed E-state index contributed by atoms with van der Waals surface area (Å²) in [4.78, 5) is 35.8. The van der Waals surface area contributed by atoms with E-state index >= 15 is 0 Å². The summed E-state index contributed by atoms with van der Waals surface area (Å²) in [7, 11) is 0. The van der Waals surface area contributed by atoms with Gasteiger partial charge in [0, 0.05) is 30.8 Å². The number of rotatable bonds is 11. The van der Waals surface area contributed by atoms with Gasteiger partial charge in [0.2, 0.25) is 0 Å². The van der Waals surface area contributed by atoms with Crippen LogP contribution in [0.15, 0.2) is 48.5 Å². The van der Waals surface area contributed by atoms with Crippen molar-refractivity contribution < 1.29 is 28.7 Å². The summed E-state index contributed by atoms with van der Waals surface area (Å²) in [5.41, 5.74) is 0.522. The molecular formula is C21H24N2O7. The van der Waals surface area contributed by atoms with Gasteiger partial charge in [0.15, 0.2) is 6.61 Å². The number of non-ortho nitro benzene ring substituents is 1. The first-order valence-electron chi connectivity index (χ1n) is 9.49. The van der Waals surface area contributed by atoms with Gasteiger partial charge >= 0.3 is 5.97 Å². The van der Waals surface area contributed by atoms with Gasteiger partial charge in [0.1, 0.15) is 24.7 Å². The second kappa shape index (κ2) is 11.4. The lowest BCUT2D eigenvalue weighted by Crippen LogP contribution is -2.30. The summed E-state index contributed by atoms with van der Waals surface area (Å²) in [5, 5.41) is 10.6. The van der Waals surface area contributed by atoms with E-state index < -0.39 is 10.9 Å². The topological polar surface area (TPSA) is 108 Å². The molecule has 9 nitrogen and oxygen atoms in total. The SMILES string of the molecule is CCN(CC)C(=O)c1ccc(OCC(=O)OCCOc2ccc([N+](=O)[O-])cc2)cc1. The number of esters is 1. The van der Waals surface area contributed by atoms with Crippen LogP contribution in [0.3, 0.4) is 0 Å². The van der Waals surface area contributed by atoms with Crippen LogP contribution < -0.4 is 9.47 Å². The molecule has 0 N–H and O–H groups in total. The summed E-state index contributed by atoms with van der Waals surface area (Å²) in [6.45, 7) is 4.94. The summed E-state index contributed by atoms with van der Waals surface area (Å²) in [5.74, 6) is 0.266. The van der Waals surface area contributed by atoms with Crippen molar-refractivity contribution in [1.82, 2.24) is 4.90 Å². The number of hydrogen-bond donors (Lipinski definition) is 0. The number of amides is 1. The number of ether oxygens (including phenoxy) is 3. The first kappa shape index (κ1) is 22.7. The number of nitrogens with zero attached hydrogens (tertiary/aromatic N) is 2. The molecule has 0 aliphatic carbocycles. The zero-order valence-electron chi connectivity index (χ0n) is 16.9. The van der Waals surface area contributed by atoms with Gasteiger partial charge in [-0.15, -0.1) is 0 Å². The van der Waals surface area contributed by atoms with Crippen molar-refractivity contribution in [3.63, 3.8) is 0 Å². The van der Waals surface area contributed by atoms with Crippen LogP contribution in [0.5, 0.6) is 11.5 Å². The lowest BCUT2D eigenvalue weighted by atomic mass is 10.2. The third-order valence-corrected chi connectivity index (χ3v) is 4.17. The third-order valence-electron chi connectivity index (χ3n) is 4.17. The standard InChI is InChI=1S/C21H24N2O7/c1-3-22(4-2)21(25)16-5-9-19(10-6-16)30-15-20(24)29-14-13-28-18-11-7-17(8-12-18)23(26)27/h5-12H,3-4,13-15H2,1-2H3. The molecule has 0 unspecified atom stereocenters. The summed E-state index contributed by atoms with van der Waals surface area (Å²) < 4.78 is 15.7. The van der Waals surface area contributed by atoms with Crippen LogP contribution in [0.1, 0.15) is 24.2 Å². The summed E-state index contributed by atoms with van der Waals surface area (Å²) in [6, 6.07) is 12.2. The van der Waals surface area contributed by atoms with Crippen LogP contribution >= 0.6 is 0 Å². The van der Waals surface area contributed by atoms with Gasteiger partial charge < -0.3 is 19.1 Å². The molecule has 0 saturated carbocycles. The molecule has 0 spiro atoms. The Labute approximate surface area is 174 Å². The maximum Gasteiger partial charge on any atom is 0.344 e. The van der Waals surface area contributed by atoms with Crippen LogP contribution in [0.4, 0.5) is 5.69 Å². The van der Waals surface area contributed by atoms with E-state index in [-0.39, 0.29) is 31.4 Å². The van der Waals surface area contributed by atoms with Gasteiger partial charge in [-0.1, -0.05) is 0 Å². The summed E-state index contributed by atoms with van der Waals surface area (Å²) in [6.07, 6.45) is 0. The van der Waals surface area contributed by atoms with Crippen LogP contribution in [-0.4, -0.2) is 54.6 Å². The van der Waals surface area contributed by atoms with Crippen molar-refractivity contribution in [3.05, 3.63) is 64.2 Å². The molecule has 0 saturated heterocycles. The van der Waals surface area contributed by atoms with E-state index in [2.05, 4.69) is 0 Å². The van der Waals surface area contributed by atoms with Crippen molar-refractivity contribution in [1.29, 1.82) is 0 Å². The Balaban J connectivity index is 1.69. The number of carbonyl (C=O) groups is 2. The van der Waals surface area contributed by atoms with Crippen LogP contribution in [0.2, 0.25) is 0 Å². The highest BCUT2D eigenvalue weighted by Gasteiger charge is 2.12. The van der Waals surface area contributed by atoms with E-state index in [1.54, 1.807) is 29.2 Å². The highest BCUT2D eigenvalue weighted by molar-refractivity contribution is 5.94. The molecule has 0 aromatic heterocycles. The summed E-state index contributed by atoms with van der Waals surface area (Å²) >= 11 is 0. The largest absolute Gasteiger partial charge is 0.490 e. The fourth-order valence-electron chi connectivity index (χ4n) is 2.55. The first-order chi connectivity index (χ1) is 14.4. The number of nitro groups is 1. The van der Waals surface area contributed by atoms with Crippen molar-refractivity contribution in [2.45, 2.75) is 13.8 Å². The molecular weight excluding hydrogens is 392 g/mol. The molecule has 0 heterocycles. The lowest BCUT2D eigenvalue weighted by molar-refractivity contribution is -0.384. The van der Waals surface area contributed by atoms with E-state index in [0.29, 0.717) is 30.2 Å². The van der Waals surface area contributed by atoms with Gasteiger partial charge in [0.25, 0.3) is 11.6 Å². The Kier molecular flexibility index (Phi) is 8.61. The van der Waals surface area contributed by atoms with E-state index in [9.17, 15) is 19.7 Å². The van der Waals surface area contributed by atoms with E-state index in [1.807, 2.05) is 13.8 Å². The Hall–Kier alpha value is -3.62. The van der Waals surface area contributed by atoms with Gasteiger partial charge in [0.05, 0.1) is 4.92 Å². The minimum absolute atomic E-state index is 0.0104. The molecule has 0 aliphatic heterocycles. The third kappa shape index (κ3) is 6.77. The molecule has 0 radical (unpaired) electrons. The van der Waals surface area contributed by atoms with Crippen LogP contribution in [-0.2, 0) is 9.53 Å². The van der Waals surface area contributed by atoms with Gasteiger partial charge in [-0.25, -0.2) is 4.79 Å². The fraction of sp³-hybridized carbons (Fsp3) is 0.333. The van der Waals surface area contributed by atoms with Crippen molar-refractivity contribution in [2.24, 2.45) is 0 Å². The van der Waals surface area contributed by atoms with Gasteiger partial charge in [-0.05, 0) is 50.2 Å². The molecule has 1 amide bonds. The maximum atomic E-state index is 12.2. The average Bonchev–Trinajstić information content (AvgIpc) is 2.76. The van der Waals surface area contributed by atoms with E-state index in [1.165, 1.54) is 24.3 Å². The zero-order valence-corrected chi connectivity index (χ0v) is 16.9. The smallest absolute Gasteiger partial charge is 0.344 e. The Morgan fingerprint density at radius 2 is 1.47 bits per heavy atom. The van der Waals surface area contributed by atoms with Gasteiger partial charge in [-0.2, -0.15) is 0 Å². The molecule has 0 aliphatic rings. The minimum atomic E-state index is -0.564. The molecule has 2 aromatic rings. The predicted octanol–water partition coefficient (Wildman–Crippen LogP) is 3.08. The Morgan fingerprint density at radius 3 is 2.03 bits per heavy atom. The second-order valence-electron chi connectivity index (χ2n) is 6.11. The average molecular weight is 416 g/mol. The molecule has 2 rings (SSSR count).